The fourth-order valence-corrected chi connectivity index (χ4v) is 5.95. The van der Waals surface area contributed by atoms with E-state index in [2.05, 4.69) is 122 Å². The van der Waals surface area contributed by atoms with Crippen LogP contribution in [0.5, 0.6) is 0 Å². The highest BCUT2D eigenvalue weighted by Crippen LogP contribution is 2.80. The van der Waals surface area contributed by atoms with Gasteiger partial charge in [0.05, 0.1) is 5.41 Å². The van der Waals surface area contributed by atoms with E-state index in [0.717, 1.165) is 5.56 Å². The van der Waals surface area contributed by atoms with Crippen molar-refractivity contribution in [3.63, 3.8) is 0 Å². The summed E-state index contributed by atoms with van der Waals surface area (Å²) in [6.07, 6.45) is 0. The number of hydrogen-bond acceptors (Lipinski definition) is 0. The van der Waals surface area contributed by atoms with Crippen molar-refractivity contribution < 1.29 is 0 Å². The Morgan fingerprint density at radius 3 is 1.40 bits per heavy atom. The minimum Gasteiger partial charge on any atom is -0.0888 e. The van der Waals surface area contributed by atoms with Gasteiger partial charge < -0.3 is 0 Å². The molecule has 0 atom stereocenters. The lowest BCUT2D eigenvalue weighted by Gasteiger charge is -2.17. The molecule has 0 aromatic heterocycles. The topological polar surface area (TPSA) is 0 Å². The third kappa shape index (κ3) is 2.26. The van der Waals surface area contributed by atoms with Crippen LogP contribution < -0.4 is 0 Å². The van der Waals surface area contributed by atoms with Gasteiger partial charge in [0.15, 0.2) is 0 Å². The maximum Gasteiger partial charge on any atom is 0.103 e. The first-order valence-electron chi connectivity index (χ1n) is 11.1. The van der Waals surface area contributed by atoms with Crippen molar-refractivity contribution in [1.29, 1.82) is 0 Å². The highest BCUT2D eigenvalue weighted by atomic mass is 14.8. The summed E-state index contributed by atoms with van der Waals surface area (Å²) in [5.41, 5.74) is 2.20. The van der Waals surface area contributed by atoms with Gasteiger partial charge in [-0.05, 0) is 28.5 Å². The number of rotatable bonds is 1. The molecule has 0 heteroatoms. The second-order valence-electron chi connectivity index (χ2n) is 11.2. The first kappa shape index (κ1) is 20.8. The van der Waals surface area contributed by atoms with Gasteiger partial charge in [-0.15, -0.1) is 0 Å². The van der Waals surface area contributed by atoms with Crippen LogP contribution in [0.1, 0.15) is 66.5 Å². The molecule has 154 valence electrons. The van der Waals surface area contributed by atoms with Crippen LogP contribution >= 0.6 is 0 Å². The summed E-state index contributed by atoms with van der Waals surface area (Å²) < 4.78 is 0. The highest BCUT2D eigenvalue weighted by molar-refractivity contribution is 5.57. The molecule has 0 amide bonds. The van der Waals surface area contributed by atoms with Crippen LogP contribution in [-0.2, 0) is 5.41 Å². The van der Waals surface area contributed by atoms with E-state index in [-0.39, 0.29) is 32.5 Å². The van der Waals surface area contributed by atoms with Gasteiger partial charge in [0.1, 0.15) is 5.41 Å². The maximum absolute atomic E-state index is 3.86. The molecule has 0 N–H and O–H groups in total. The lowest BCUT2D eigenvalue weighted by molar-refractivity contribution is 0.457. The molecule has 30 heavy (non-hydrogen) atoms. The van der Waals surface area contributed by atoms with Gasteiger partial charge in [-0.1, -0.05) is 128 Å². The molecule has 2 saturated carbocycles. The van der Waals surface area contributed by atoms with Crippen LogP contribution in [0.3, 0.4) is 0 Å². The molecule has 0 aliphatic heterocycles. The highest BCUT2D eigenvalue weighted by Gasteiger charge is 2.79. The molecule has 2 aliphatic rings. The fourth-order valence-electron chi connectivity index (χ4n) is 5.95. The Hall–Kier alpha value is -2.44. The van der Waals surface area contributed by atoms with Crippen LogP contribution in [0.25, 0.3) is 0 Å². The molecule has 0 unspecified atom stereocenters. The molecule has 0 saturated heterocycles. The van der Waals surface area contributed by atoms with Crippen LogP contribution in [0.2, 0.25) is 0 Å². The second kappa shape index (κ2) is 6.05. The van der Waals surface area contributed by atoms with Crippen LogP contribution in [0.4, 0.5) is 0 Å². The van der Waals surface area contributed by atoms with Crippen LogP contribution in [0, 0.1) is 50.8 Å². The summed E-state index contributed by atoms with van der Waals surface area (Å²) in [5, 5.41) is 0. The molecule has 2 aromatic rings. The van der Waals surface area contributed by atoms with E-state index >= 15 is 0 Å². The van der Waals surface area contributed by atoms with E-state index in [1.54, 1.807) is 0 Å². The second-order valence-corrected chi connectivity index (χ2v) is 11.2. The zero-order chi connectivity index (χ0) is 22.1. The van der Waals surface area contributed by atoms with Gasteiger partial charge in [0.25, 0.3) is 0 Å². The first-order valence-corrected chi connectivity index (χ1v) is 11.1. The van der Waals surface area contributed by atoms with Crippen molar-refractivity contribution in [2.75, 3.05) is 0 Å². The Bertz CT molecular complexity index is 1060. The van der Waals surface area contributed by atoms with E-state index in [1.807, 2.05) is 18.2 Å². The smallest absolute Gasteiger partial charge is 0.0888 e. The standard InChI is InChI=1S/C30H34/c1-25(2)26(3,4)29(25,20-19-23-15-11-9-12-16-23)21-22-30(24-17-13-10-14-18-24)27(5,6)28(30,7)8/h9-18H,1-8H3. The van der Waals surface area contributed by atoms with E-state index in [9.17, 15) is 0 Å². The fraction of sp³-hybridized carbons (Fsp3) is 0.467. The lowest BCUT2D eigenvalue weighted by Crippen LogP contribution is -2.16. The largest absolute Gasteiger partial charge is 0.103 e. The van der Waals surface area contributed by atoms with E-state index in [0.29, 0.717) is 0 Å². The van der Waals surface area contributed by atoms with E-state index < -0.39 is 0 Å². The van der Waals surface area contributed by atoms with Gasteiger partial charge in [0, 0.05) is 16.4 Å². The molecule has 2 aliphatic carbocycles. The Morgan fingerprint density at radius 1 is 0.500 bits per heavy atom. The predicted octanol–water partition coefficient (Wildman–Crippen LogP) is 7.10. The van der Waals surface area contributed by atoms with E-state index in [4.69, 9.17) is 0 Å². The SMILES string of the molecule is CC1(C)C(C)(C)C1(C#Cc1ccccc1)C#CC1(c2ccccc2)C(C)(C)C1(C)C. The average Bonchev–Trinajstić information content (AvgIpc) is 3.24. The minimum absolute atomic E-state index is 0.0375. The van der Waals surface area contributed by atoms with Gasteiger partial charge in [-0.2, -0.15) is 0 Å². The Labute approximate surface area is 183 Å². The molecule has 0 radical (unpaired) electrons. The van der Waals surface area contributed by atoms with E-state index in [1.165, 1.54) is 5.56 Å². The molecular formula is C30H34. The molecule has 0 bridgehead atoms. The molecule has 4 rings (SSSR count). The van der Waals surface area contributed by atoms with Crippen molar-refractivity contribution in [3.05, 3.63) is 71.8 Å². The Morgan fingerprint density at radius 2 is 0.967 bits per heavy atom. The Balaban J connectivity index is 1.86. The normalized spacial score (nSPS) is 24.4. The predicted molar refractivity (Wildman–Crippen MR) is 127 cm³/mol. The van der Waals surface area contributed by atoms with Crippen LogP contribution in [-0.4, -0.2) is 0 Å². The first-order chi connectivity index (χ1) is 13.9. The van der Waals surface area contributed by atoms with Crippen molar-refractivity contribution in [2.24, 2.45) is 27.1 Å². The van der Waals surface area contributed by atoms with Crippen molar-refractivity contribution in [1.82, 2.24) is 0 Å². The number of benzene rings is 2. The summed E-state index contributed by atoms with van der Waals surface area (Å²) in [6.45, 7) is 18.7. The third-order valence-electron chi connectivity index (χ3n) is 9.56. The summed E-state index contributed by atoms with van der Waals surface area (Å²) in [4.78, 5) is 0. The van der Waals surface area contributed by atoms with Gasteiger partial charge in [-0.25, -0.2) is 0 Å². The zero-order valence-electron chi connectivity index (χ0n) is 19.8. The van der Waals surface area contributed by atoms with Gasteiger partial charge in [0.2, 0.25) is 0 Å². The van der Waals surface area contributed by atoms with Gasteiger partial charge >= 0.3 is 0 Å². The van der Waals surface area contributed by atoms with Crippen molar-refractivity contribution in [2.45, 2.75) is 60.8 Å². The molecule has 0 heterocycles. The quantitative estimate of drug-likeness (QED) is 0.453. The lowest BCUT2D eigenvalue weighted by atomic mass is 9.84. The van der Waals surface area contributed by atoms with Crippen molar-refractivity contribution >= 4 is 0 Å². The molecule has 2 aromatic carbocycles. The number of hydrogen-bond donors (Lipinski definition) is 0. The summed E-state index contributed by atoms with van der Waals surface area (Å²) in [7, 11) is 0. The van der Waals surface area contributed by atoms with Crippen LogP contribution in [0.15, 0.2) is 60.7 Å². The van der Waals surface area contributed by atoms with Gasteiger partial charge in [-0.3, -0.25) is 0 Å². The average molecular weight is 395 g/mol. The molecule has 0 nitrogen and oxygen atoms in total. The molecule has 0 spiro atoms. The zero-order valence-corrected chi connectivity index (χ0v) is 19.8. The van der Waals surface area contributed by atoms with Crippen molar-refractivity contribution in [3.8, 4) is 23.7 Å². The monoisotopic (exact) mass is 394 g/mol. The maximum atomic E-state index is 3.86. The molecular weight excluding hydrogens is 360 g/mol. The third-order valence-corrected chi connectivity index (χ3v) is 9.56. The summed E-state index contributed by atoms with van der Waals surface area (Å²) in [6, 6.07) is 21.1. The minimum atomic E-state index is -0.313. The summed E-state index contributed by atoms with van der Waals surface area (Å²) in [5.74, 6) is 14.8. The Kier molecular flexibility index (Phi) is 4.20. The summed E-state index contributed by atoms with van der Waals surface area (Å²) >= 11 is 0. The molecule has 2 fully saturated rings.